The van der Waals surface area contributed by atoms with Gasteiger partial charge in [-0.2, -0.15) is 0 Å². The van der Waals surface area contributed by atoms with Gasteiger partial charge in [0.25, 0.3) is 0 Å². The van der Waals surface area contributed by atoms with Gasteiger partial charge in [-0.05, 0) is 25.3 Å². The molecule has 0 bridgehead atoms. The molecular weight excluding hydrogens is 180 g/mol. The van der Waals surface area contributed by atoms with Crippen LogP contribution >= 0.6 is 12.2 Å². The number of nitrogens with zero attached hydrogens (tertiary/aromatic N) is 1. The Balaban J connectivity index is 2.13. The lowest BCUT2D eigenvalue weighted by molar-refractivity contribution is 0.187. The molecule has 0 spiro atoms. The molecule has 0 radical (unpaired) electrons. The summed E-state index contributed by atoms with van der Waals surface area (Å²) < 4.78 is 0. The van der Waals surface area contributed by atoms with Crippen LogP contribution in [0, 0.1) is 5.92 Å². The van der Waals surface area contributed by atoms with E-state index in [0.717, 1.165) is 25.4 Å². The summed E-state index contributed by atoms with van der Waals surface area (Å²) in [7, 11) is 0. The first kappa shape index (κ1) is 10.9. The van der Waals surface area contributed by atoms with Crippen LogP contribution in [0.4, 0.5) is 0 Å². The molecule has 0 aliphatic heterocycles. The van der Waals surface area contributed by atoms with Gasteiger partial charge >= 0.3 is 0 Å². The van der Waals surface area contributed by atoms with Gasteiger partial charge in [0.05, 0.1) is 4.99 Å². The zero-order chi connectivity index (χ0) is 9.68. The number of thiocarbonyl (C=S) groups is 1. The highest BCUT2D eigenvalue weighted by molar-refractivity contribution is 7.80. The highest BCUT2D eigenvalue weighted by Gasteiger charge is 2.19. The summed E-state index contributed by atoms with van der Waals surface area (Å²) in [5, 5.41) is 0. The summed E-state index contributed by atoms with van der Waals surface area (Å²) in [6, 6.07) is 0. The van der Waals surface area contributed by atoms with Gasteiger partial charge < -0.3 is 10.6 Å². The Morgan fingerprint density at radius 3 is 2.62 bits per heavy atom. The molecular formula is C10H20N2S. The van der Waals surface area contributed by atoms with Crippen LogP contribution in [0.15, 0.2) is 0 Å². The van der Waals surface area contributed by atoms with Crippen molar-refractivity contribution in [2.45, 2.75) is 32.6 Å². The Bertz CT molecular complexity index is 166. The van der Waals surface area contributed by atoms with Gasteiger partial charge in [0.2, 0.25) is 0 Å². The Morgan fingerprint density at radius 1 is 1.54 bits per heavy atom. The Kier molecular flexibility index (Phi) is 4.67. The van der Waals surface area contributed by atoms with E-state index in [-0.39, 0.29) is 0 Å². The second kappa shape index (κ2) is 5.55. The second-order valence-corrected chi connectivity index (χ2v) is 4.43. The van der Waals surface area contributed by atoms with Crippen molar-refractivity contribution < 1.29 is 0 Å². The van der Waals surface area contributed by atoms with Gasteiger partial charge in [0.15, 0.2) is 0 Å². The molecule has 2 N–H and O–H groups in total. The molecule has 0 aromatic carbocycles. The maximum absolute atomic E-state index is 5.48. The van der Waals surface area contributed by atoms with Crippen LogP contribution in [-0.2, 0) is 0 Å². The third kappa shape index (κ3) is 4.05. The molecule has 0 atom stereocenters. The summed E-state index contributed by atoms with van der Waals surface area (Å²) in [6.45, 7) is 5.62. The molecule has 1 rings (SSSR count). The summed E-state index contributed by atoms with van der Waals surface area (Å²) in [6.07, 6.45) is 5.14. The first-order valence-corrected chi connectivity index (χ1v) is 5.64. The fraction of sp³-hybridized carbons (Fsp3) is 0.900. The smallest absolute Gasteiger partial charge is 0.0740 e. The van der Waals surface area contributed by atoms with E-state index < -0.39 is 0 Å². The van der Waals surface area contributed by atoms with E-state index >= 15 is 0 Å². The van der Waals surface area contributed by atoms with Crippen molar-refractivity contribution in [2.24, 2.45) is 11.7 Å². The molecule has 76 valence electrons. The number of hydrogen-bond acceptors (Lipinski definition) is 2. The maximum Gasteiger partial charge on any atom is 0.0740 e. The SMILES string of the molecule is CCN(CCC(N)=S)CC1CCC1. The predicted molar refractivity (Wildman–Crippen MR) is 60.9 cm³/mol. The Labute approximate surface area is 86.5 Å². The van der Waals surface area contributed by atoms with Crippen molar-refractivity contribution >= 4 is 17.2 Å². The molecule has 0 aromatic heterocycles. The molecule has 0 saturated heterocycles. The van der Waals surface area contributed by atoms with Gasteiger partial charge in [-0.15, -0.1) is 0 Å². The number of hydrogen-bond donors (Lipinski definition) is 1. The Hall–Kier alpha value is -0.150. The van der Waals surface area contributed by atoms with E-state index in [0.29, 0.717) is 4.99 Å². The highest BCUT2D eigenvalue weighted by atomic mass is 32.1. The quantitative estimate of drug-likeness (QED) is 0.663. The molecule has 0 amide bonds. The molecule has 0 unspecified atom stereocenters. The minimum absolute atomic E-state index is 0.645. The molecule has 3 heteroatoms. The topological polar surface area (TPSA) is 29.3 Å². The van der Waals surface area contributed by atoms with Gasteiger partial charge in [0.1, 0.15) is 0 Å². The van der Waals surface area contributed by atoms with Crippen LogP contribution in [0.3, 0.4) is 0 Å². The first-order valence-electron chi connectivity index (χ1n) is 5.23. The lowest BCUT2D eigenvalue weighted by Gasteiger charge is -2.31. The van der Waals surface area contributed by atoms with E-state index in [9.17, 15) is 0 Å². The number of nitrogens with two attached hydrogens (primary N) is 1. The van der Waals surface area contributed by atoms with Crippen molar-refractivity contribution in [1.29, 1.82) is 0 Å². The van der Waals surface area contributed by atoms with Crippen molar-refractivity contribution in [3.8, 4) is 0 Å². The van der Waals surface area contributed by atoms with Crippen molar-refractivity contribution in [3.63, 3.8) is 0 Å². The van der Waals surface area contributed by atoms with Crippen LogP contribution < -0.4 is 5.73 Å². The van der Waals surface area contributed by atoms with Crippen molar-refractivity contribution in [1.82, 2.24) is 4.90 Å². The molecule has 1 fully saturated rings. The molecule has 1 aliphatic rings. The van der Waals surface area contributed by atoms with Crippen LogP contribution in [-0.4, -0.2) is 29.5 Å². The minimum atomic E-state index is 0.645. The van der Waals surface area contributed by atoms with Crippen LogP contribution in [0.1, 0.15) is 32.6 Å². The fourth-order valence-electron chi connectivity index (χ4n) is 1.69. The molecule has 0 aromatic rings. The molecule has 2 nitrogen and oxygen atoms in total. The standard InChI is InChI=1S/C10H20N2S/c1-2-12(7-6-10(11)13)8-9-4-3-5-9/h9H,2-8H2,1H3,(H2,11,13). The molecule has 1 aliphatic carbocycles. The third-order valence-corrected chi connectivity index (χ3v) is 3.07. The van der Waals surface area contributed by atoms with E-state index in [1.165, 1.54) is 25.8 Å². The summed E-state index contributed by atoms with van der Waals surface area (Å²) in [5.41, 5.74) is 5.48. The largest absolute Gasteiger partial charge is 0.393 e. The van der Waals surface area contributed by atoms with Gasteiger partial charge in [-0.1, -0.05) is 25.6 Å². The third-order valence-electron chi connectivity index (χ3n) is 2.86. The summed E-state index contributed by atoms with van der Waals surface area (Å²) >= 11 is 4.87. The van der Waals surface area contributed by atoms with E-state index in [1.54, 1.807) is 0 Å². The first-order chi connectivity index (χ1) is 6.22. The second-order valence-electron chi connectivity index (χ2n) is 3.91. The maximum atomic E-state index is 5.48. The fourth-order valence-corrected chi connectivity index (χ4v) is 1.78. The Morgan fingerprint density at radius 2 is 2.23 bits per heavy atom. The average molecular weight is 200 g/mol. The summed E-state index contributed by atoms with van der Waals surface area (Å²) in [4.78, 5) is 3.11. The van der Waals surface area contributed by atoms with E-state index in [2.05, 4.69) is 11.8 Å². The van der Waals surface area contributed by atoms with Crippen LogP contribution in [0.2, 0.25) is 0 Å². The zero-order valence-electron chi connectivity index (χ0n) is 8.46. The highest BCUT2D eigenvalue weighted by Crippen LogP contribution is 2.26. The van der Waals surface area contributed by atoms with Crippen LogP contribution in [0.25, 0.3) is 0 Å². The molecule has 1 saturated carbocycles. The lowest BCUT2D eigenvalue weighted by atomic mass is 9.85. The summed E-state index contributed by atoms with van der Waals surface area (Å²) in [5.74, 6) is 0.950. The molecule has 13 heavy (non-hydrogen) atoms. The minimum Gasteiger partial charge on any atom is -0.393 e. The van der Waals surface area contributed by atoms with E-state index in [4.69, 9.17) is 18.0 Å². The van der Waals surface area contributed by atoms with Crippen molar-refractivity contribution in [2.75, 3.05) is 19.6 Å². The lowest BCUT2D eigenvalue weighted by Crippen LogP contribution is -2.34. The monoisotopic (exact) mass is 200 g/mol. The van der Waals surface area contributed by atoms with Crippen LogP contribution in [0.5, 0.6) is 0 Å². The van der Waals surface area contributed by atoms with Gasteiger partial charge in [0, 0.05) is 19.5 Å². The normalized spacial score (nSPS) is 17.4. The zero-order valence-corrected chi connectivity index (χ0v) is 9.28. The molecule has 0 heterocycles. The predicted octanol–water partition coefficient (Wildman–Crippen LogP) is 1.78. The van der Waals surface area contributed by atoms with Gasteiger partial charge in [-0.25, -0.2) is 0 Å². The van der Waals surface area contributed by atoms with Crippen molar-refractivity contribution in [3.05, 3.63) is 0 Å². The number of rotatable bonds is 6. The van der Waals surface area contributed by atoms with E-state index in [1.807, 2.05) is 0 Å². The average Bonchev–Trinajstić information content (AvgIpc) is 2.01. The van der Waals surface area contributed by atoms with Gasteiger partial charge in [-0.3, -0.25) is 0 Å².